The number of rotatable bonds is 2. The fourth-order valence-corrected chi connectivity index (χ4v) is 2.52. The van der Waals surface area contributed by atoms with Gasteiger partial charge in [0.05, 0.1) is 0 Å². The van der Waals surface area contributed by atoms with E-state index in [0.29, 0.717) is 19.4 Å². The number of likely N-dealkylation sites (N-methyl/N-ethyl adjacent to an activating group) is 1. The number of amides is 1. The molecule has 0 saturated carbocycles. The van der Waals surface area contributed by atoms with Gasteiger partial charge >= 0.3 is 0 Å². The Hall–Kier alpha value is -0.660. The topological polar surface area (TPSA) is 83.7 Å². The Bertz CT molecular complexity index is 325. The van der Waals surface area contributed by atoms with Gasteiger partial charge in [0.25, 0.3) is 10.2 Å². The summed E-state index contributed by atoms with van der Waals surface area (Å²) in [5.41, 5.74) is 0. The van der Waals surface area contributed by atoms with Gasteiger partial charge in [0.15, 0.2) is 0 Å². The minimum atomic E-state index is -3.74. The van der Waals surface area contributed by atoms with E-state index in [9.17, 15) is 13.2 Å². The molecule has 1 fully saturated rings. The third-order valence-corrected chi connectivity index (χ3v) is 3.35. The highest BCUT2D eigenvalue weighted by atomic mass is 32.2. The van der Waals surface area contributed by atoms with Gasteiger partial charge < -0.3 is 4.90 Å². The Kier molecular flexibility index (Phi) is 3.13. The maximum absolute atomic E-state index is 11.6. The van der Waals surface area contributed by atoms with Gasteiger partial charge in [-0.1, -0.05) is 0 Å². The van der Waals surface area contributed by atoms with Crippen molar-refractivity contribution in [3.8, 4) is 0 Å². The van der Waals surface area contributed by atoms with Crippen molar-refractivity contribution in [2.24, 2.45) is 5.14 Å². The van der Waals surface area contributed by atoms with Crippen molar-refractivity contribution in [1.82, 2.24) is 9.21 Å². The quantitative estimate of drug-likeness (QED) is 0.632. The van der Waals surface area contributed by atoms with Crippen molar-refractivity contribution >= 4 is 16.1 Å². The van der Waals surface area contributed by atoms with Crippen LogP contribution in [0.25, 0.3) is 0 Å². The number of nitrogens with zero attached hydrogens (tertiary/aromatic N) is 2. The molecule has 0 spiro atoms. The highest BCUT2D eigenvalue weighted by Crippen LogP contribution is 2.20. The van der Waals surface area contributed by atoms with Crippen molar-refractivity contribution in [3.05, 3.63) is 0 Å². The molecule has 0 bridgehead atoms. The Morgan fingerprint density at radius 2 is 2.07 bits per heavy atom. The fraction of sp³-hybridized carbons (Fsp3) is 0.857. The summed E-state index contributed by atoms with van der Waals surface area (Å²) in [7, 11) is -0.546. The molecule has 1 aliphatic heterocycles. The normalized spacial score (nSPS) is 23.8. The largest absolute Gasteiger partial charge is 0.347 e. The van der Waals surface area contributed by atoms with Crippen LogP contribution >= 0.6 is 0 Å². The van der Waals surface area contributed by atoms with Crippen LogP contribution in [0.5, 0.6) is 0 Å². The monoisotopic (exact) mass is 221 g/mol. The highest BCUT2D eigenvalue weighted by Gasteiger charge is 2.37. The van der Waals surface area contributed by atoms with Gasteiger partial charge in [-0.25, -0.2) is 5.14 Å². The van der Waals surface area contributed by atoms with E-state index in [0.717, 1.165) is 4.31 Å². The average Bonchev–Trinajstić information content (AvgIpc) is 2.48. The Labute approximate surface area is 83.8 Å². The smallest absolute Gasteiger partial charge is 0.277 e. The average molecular weight is 221 g/mol. The number of carbonyl (C=O) groups is 1. The molecule has 0 radical (unpaired) electrons. The van der Waals surface area contributed by atoms with Crippen molar-refractivity contribution in [1.29, 1.82) is 0 Å². The van der Waals surface area contributed by atoms with E-state index in [2.05, 4.69) is 0 Å². The molecular weight excluding hydrogens is 206 g/mol. The predicted octanol–water partition coefficient (Wildman–Crippen LogP) is -1.26. The van der Waals surface area contributed by atoms with Crippen LogP contribution in [0.3, 0.4) is 0 Å². The van der Waals surface area contributed by atoms with E-state index >= 15 is 0 Å². The molecule has 6 nitrogen and oxygen atoms in total. The Morgan fingerprint density at radius 1 is 1.50 bits per heavy atom. The molecule has 0 aromatic carbocycles. The second-order valence-electron chi connectivity index (χ2n) is 3.55. The SMILES string of the molecule is CN(C)C(=O)C1CCCN1S(N)(=O)=O. The molecule has 1 atom stereocenters. The lowest BCUT2D eigenvalue weighted by Crippen LogP contribution is -2.47. The zero-order valence-electron chi connectivity index (χ0n) is 8.30. The molecule has 1 rings (SSSR count). The summed E-state index contributed by atoms with van der Waals surface area (Å²) in [4.78, 5) is 12.9. The molecule has 1 heterocycles. The molecule has 0 aliphatic carbocycles. The molecule has 14 heavy (non-hydrogen) atoms. The summed E-state index contributed by atoms with van der Waals surface area (Å²) in [5.74, 6) is -0.212. The van der Waals surface area contributed by atoms with Crippen LogP contribution in [0.15, 0.2) is 0 Å². The van der Waals surface area contributed by atoms with Gasteiger partial charge in [0, 0.05) is 20.6 Å². The van der Waals surface area contributed by atoms with E-state index in [1.165, 1.54) is 4.90 Å². The molecule has 0 aromatic heterocycles. The first-order chi connectivity index (χ1) is 6.34. The Morgan fingerprint density at radius 3 is 2.50 bits per heavy atom. The predicted molar refractivity (Wildman–Crippen MR) is 51.5 cm³/mol. The second kappa shape index (κ2) is 3.84. The molecule has 0 aromatic rings. The molecular formula is C7H15N3O3S. The summed E-state index contributed by atoms with van der Waals surface area (Å²) in [6.45, 7) is 0.336. The minimum Gasteiger partial charge on any atom is -0.347 e. The standard InChI is InChI=1S/C7H15N3O3S/c1-9(2)7(11)6-4-3-5-10(6)14(8,12)13/h6H,3-5H2,1-2H3,(H2,8,12,13). The van der Waals surface area contributed by atoms with Crippen molar-refractivity contribution in [3.63, 3.8) is 0 Å². The first-order valence-electron chi connectivity index (χ1n) is 4.35. The van der Waals surface area contributed by atoms with E-state index in [1.54, 1.807) is 14.1 Å². The van der Waals surface area contributed by atoms with Gasteiger partial charge in [0.2, 0.25) is 5.91 Å². The van der Waals surface area contributed by atoms with Crippen LogP contribution in [0.1, 0.15) is 12.8 Å². The van der Waals surface area contributed by atoms with Crippen LogP contribution in [0, 0.1) is 0 Å². The number of nitrogens with two attached hydrogens (primary N) is 1. The van der Waals surface area contributed by atoms with E-state index < -0.39 is 16.3 Å². The summed E-state index contributed by atoms with van der Waals surface area (Å²) in [6.07, 6.45) is 1.23. The van der Waals surface area contributed by atoms with Crippen LogP contribution in [-0.2, 0) is 15.0 Å². The van der Waals surface area contributed by atoms with E-state index in [1.807, 2.05) is 0 Å². The van der Waals surface area contributed by atoms with Gasteiger partial charge in [-0.15, -0.1) is 0 Å². The summed E-state index contributed by atoms with van der Waals surface area (Å²) >= 11 is 0. The lowest BCUT2D eigenvalue weighted by atomic mass is 10.2. The third-order valence-electron chi connectivity index (χ3n) is 2.26. The molecule has 2 N–H and O–H groups in total. The zero-order chi connectivity index (χ0) is 10.9. The lowest BCUT2D eigenvalue weighted by molar-refractivity contribution is -0.132. The Balaban J connectivity index is 2.85. The molecule has 82 valence electrons. The zero-order valence-corrected chi connectivity index (χ0v) is 9.12. The first kappa shape index (κ1) is 11.4. The van der Waals surface area contributed by atoms with Crippen LogP contribution < -0.4 is 5.14 Å². The third kappa shape index (κ3) is 2.23. The number of carbonyl (C=O) groups excluding carboxylic acids is 1. The van der Waals surface area contributed by atoms with Gasteiger partial charge in [0.1, 0.15) is 6.04 Å². The van der Waals surface area contributed by atoms with E-state index in [-0.39, 0.29) is 5.91 Å². The van der Waals surface area contributed by atoms with Crippen molar-refractivity contribution in [2.45, 2.75) is 18.9 Å². The van der Waals surface area contributed by atoms with Crippen LogP contribution in [-0.4, -0.2) is 50.2 Å². The fourth-order valence-electron chi connectivity index (χ4n) is 1.59. The van der Waals surface area contributed by atoms with Gasteiger partial charge in [-0.2, -0.15) is 12.7 Å². The summed E-state index contributed by atoms with van der Waals surface area (Å²) < 4.78 is 23.3. The maximum atomic E-state index is 11.6. The molecule has 1 unspecified atom stereocenters. The number of hydrogen-bond donors (Lipinski definition) is 1. The van der Waals surface area contributed by atoms with Crippen LogP contribution in [0.4, 0.5) is 0 Å². The lowest BCUT2D eigenvalue weighted by Gasteiger charge is -2.23. The molecule has 1 saturated heterocycles. The van der Waals surface area contributed by atoms with Gasteiger partial charge in [-0.05, 0) is 12.8 Å². The molecule has 7 heteroatoms. The minimum absolute atomic E-state index is 0.212. The van der Waals surface area contributed by atoms with E-state index in [4.69, 9.17) is 5.14 Å². The second-order valence-corrected chi connectivity index (χ2v) is 5.05. The summed E-state index contributed by atoms with van der Waals surface area (Å²) in [6, 6.07) is -0.611. The summed E-state index contributed by atoms with van der Waals surface area (Å²) in [5, 5.41) is 5.00. The maximum Gasteiger partial charge on any atom is 0.277 e. The first-order valence-corrected chi connectivity index (χ1v) is 5.85. The molecule has 1 amide bonds. The van der Waals surface area contributed by atoms with Gasteiger partial charge in [-0.3, -0.25) is 4.79 Å². The van der Waals surface area contributed by atoms with Crippen molar-refractivity contribution < 1.29 is 13.2 Å². The van der Waals surface area contributed by atoms with Crippen molar-refractivity contribution in [2.75, 3.05) is 20.6 Å². The number of hydrogen-bond acceptors (Lipinski definition) is 3. The highest BCUT2D eigenvalue weighted by molar-refractivity contribution is 7.86. The van der Waals surface area contributed by atoms with Crippen LogP contribution in [0.2, 0.25) is 0 Å². The molecule has 1 aliphatic rings.